The Bertz CT molecular complexity index is 487. The van der Waals surface area contributed by atoms with Crippen LogP contribution in [0.25, 0.3) is 0 Å². The van der Waals surface area contributed by atoms with E-state index in [0.29, 0.717) is 6.54 Å². The van der Waals surface area contributed by atoms with Gasteiger partial charge in [0.1, 0.15) is 0 Å². The molecule has 0 unspecified atom stereocenters. The minimum absolute atomic E-state index is 0.163. The van der Waals surface area contributed by atoms with Crippen LogP contribution >= 0.6 is 0 Å². The zero-order valence-electron chi connectivity index (χ0n) is 14.2. The van der Waals surface area contributed by atoms with Crippen molar-refractivity contribution in [1.29, 1.82) is 0 Å². The topological polar surface area (TPSA) is 41.3 Å². The van der Waals surface area contributed by atoms with Crippen molar-refractivity contribution in [2.75, 3.05) is 13.2 Å². The van der Waals surface area contributed by atoms with Gasteiger partial charge in [-0.05, 0) is 45.4 Å². The summed E-state index contributed by atoms with van der Waals surface area (Å²) in [7, 11) is 0. The van der Waals surface area contributed by atoms with E-state index in [4.69, 9.17) is 5.11 Å². The number of hydrogen-bond donors (Lipinski definition) is 1. The van der Waals surface area contributed by atoms with Gasteiger partial charge in [0.05, 0.1) is 18.8 Å². The van der Waals surface area contributed by atoms with Gasteiger partial charge in [-0.2, -0.15) is 5.10 Å². The third-order valence-electron chi connectivity index (χ3n) is 5.49. The van der Waals surface area contributed by atoms with E-state index >= 15 is 0 Å². The predicted molar refractivity (Wildman–Crippen MR) is 88.8 cm³/mol. The maximum absolute atomic E-state index is 9.17. The molecule has 0 amide bonds. The number of aromatic nitrogens is 2. The van der Waals surface area contributed by atoms with Crippen LogP contribution in [0.3, 0.4) is 0 Å². The minimum Gasteiger partial charge on any atom is -0.394 e. The highest BCUT2D eigenvalue weighted by atomic mass is 16.3. The van der Waals surface area contributed by atoms with E-state index in [1.165, 1.54) is 62.7 Å². The molecule has 22 heavy (non-hydrogen) atoms. The van der Waals surface area contributed by atoms with Crippen molar-refractivity contribution in [2.45, 2.75) is 77.9 Å². The molecule has 1 aromatic rings. The van der Waals surface area contributed by atoms with Crippen molar-refractivity contribution in [3.05, 3.63) is 17.0 Å². The molecule has 124 valence electrons. The Balaban J connectivity index is 1.68. The fraction of sp³-hybridized carbons (Fsp3) is 0.833. The second-order valence-electron chi connectivity index (χ2n) is 7.26. The van der Waals surface area contributed by atoms with E-state index in [9.17, 15) is 0 Å². The van der Waals surface area contributed by atoms with E-state index in [0.717, 1.165) is 24.2 Å². The molecule has 4 nitrogen and oxygen atoms in total. The lowest BCUT2D eigenvalue weighted by atomic mass is 9.89. The number of aryl methyl sites for hydroxylation is 1. The summed E-state index contributed by atoms with van der Waals surface area (Å²) >= 11 is 0. The summed E-state index contributed by atoms with van der Waals surface area (Å²) in [5.74, 6) is 0.905. The van der Waals surface area contributed by atoms with Crippen LogP contribution in [0.1, 0.15) is 61.9 Å². The quantitative estimate of drug-likeness (QED) is 0.842. The number of aliphatic hydroxyl groups is 1. The van der Waals surface area contributed by atoms with Crippen LogP contribution in [0.15, 0.2) is 0 Å². The van der Waals surface area contributed by atoms with E-state index in [1.807, 2.05) is 4.68 Å². The zero-order valence-corrected chi connectivity index (χ0v) is 14.2. The second kappa shape index (κ2) is 7.14. The van der Waals surface area contributed by atoms with Crippen molar-refractivity contribution < 1.29 is 5.11 Å². The molecule has 4 heteroatoms. The molecule has 0 saturated heterocycles. The Labute approximate surface area is 134 Å². The number of aliphatic hydroxyl groups excluding tert-OH is 1. The molecule has 3 rings (SSSR count). The first-order chi connectivity index (χ1) is 10.7. The van der Waals surface area contributed by atoms with Gasteiger partial charge in [-0.15, -0.1) is 0 Å². The van der Waals surface area contributed by atoms with Crippen LogP contribution in [0, 0.1) is 19.8 Å². The monoisotopic (exact) mass is 305 g/mol. The molecule has 0 spiro atoms. The lowest BCUT2D eigenvalue weighted by molar-refractivity contribution is 0.185. The molecule has 0 atom stereocenters. The predicted octanol–water partition coefficient (Wildman–Crippen LogP) is 3.04. The van der Waals surface area contributed by atoms with Crippen molar-refractivity contribution in [3.8, 4) is 0 Å². The molecule has 2 saturated carbocycles. The highest BCUT2D eigenvalue weighted by molar-refractivity contribution is 5.24. The molecule has 1 aromatic heterocycles. The molecular weight excluding hydrogens is 274 g/mol. The standard InChI is InChI=1S/C18H31N3O/c1-14-18(15(2)21(19-14)10-11-22)13-20(17-8-9-17)12-16-6-4-3-5-7-16/h16-17,22H,3-13H2,1-2H3. The molecule has 0 radical (unpaired) electrons. The summed E-state index contributed by atoms with van der Waals surface area (Å²) in [6.45, 7) is 7.35. The molecular formula is C18H31N3O. The largest absolute Gasteiger partial charge is 0.394 e. The number of nitrogens with zero attached hydrogens (tertiary/aromatic N) is 3. The molecule has 0 bridgehead atoms. The normalized spacial score (nSPS) is 20.0. The van der Waals surface area contributed by atoms with Crippen LogP contribution in [-0.2, 0) is 13.1 Å². The third-order valence-corrected chi connectivity index (χ3v) is 5.49. The van der Waals surface area contributed by atoms with Gasteiger partial charge in [-0.25, -0.2) is 0 Å². The molecule has 0 aromatic carbocycles. The summed E-state index contributed by atoms with van der Waals surface area (Å²) in [4.78, 5) is 2.72. The molecule has 1 N–H and O–H groups in total. The van der Waals surface area contributed by atoms with Gasteiger partial charge in [0.2, 0.25) is 0 Å². The molecule has 2 aliphatic carbocycles. The first kappa shape index (κ1) is 16.0. The fourth-order valence-corrected chi connectivity index (χ4v) is 3.96. The summed E-state index contributed by atoms with van der Waals surface area (Å²) in [6, 6.07) is 0.807. The highest BCUT2D eigenvalue weighted by Gasteiger charge is 2.32. The SMILES string of the molecule is Cc1nn(CCO)c(C)c1CN(CC1CCCCC1)C1CC1. The van der Waals surface area contributed by atoms with Gasteiger partial charge in [-0.1, -0.05) is 19.3 Å². The average molecular weight is 305 g/mol. The Kier molecular flexibility index (Phi) is 5.19. The maximum Gasteiger partial charge on any atom is 0.0644 e. The number of hydrogen-bond acceptors (Lipinski definition) is 3. The number of rotatable bonds is 7. The zero-order chi connectivity index (χ0) is 15.5. The summed E-state index contributed by atoms with van der Waals surface area (Å²) < 4.78 is 1.97. The van der Waals surface area contributed by atoms with Crippen LogP contribution in [0.5, 0.6) is 0 Å². The van der Waals surface area contributed by atoms with E-state index in [1.54, 1.807) is 0 Å². The molecule has 2 fully saturated rings. The first-order valence-corrected chi connectivity index (χ1v) is 9.07. The summed E-state index contributed by atoms with van der Waals surface area (Å²) in [6.07, 6.45) is 9.87. The fourth-order valence-electron chi connectivity index (χ4n) is 3.96. The maximum atomic E-state index is 9.17. The highest BCUT2D eigenvalue weighted by Crippen LogP contribution is 2.33. The second-order valence-corrected chi connectivity index (χ2v) is 7.26. The molecule has 2 aliphatic rings. The Morgan fingerprint density at radius 1 is 1.14 bits per heavy atom. The molecule has 1 heterocycles. The van der Waals surface area contributed by atoms with Gasteiger partial charge in [0.25, 0.3) is 0 Å². The molecule has 0 aliphatic heterocycles. The first-order valence-electron chi connectivity index (χ1n) is 9.07. The van der Waals surface area contributed by atoms with Crippen molar-refractivity contribution in [2.24, 2.45) is 5.92 Å². The third kappa shape index (κ3) is 3.72. The van der Waals surface area contributed by atoms with Gasteiger partial charge < -0.3 is 5.11 Å². The lowest BCUT2D eigenvalue weighted by Gasteiger charge is -2.30. The average Bonchev–Trinajstić information content (AvgIpc) is 3.32. The van der Waals surface area contributed by atoms with Crippen molar-refractivity contribution in [1.82, 2.24) is 14.7 Å². The summed E-state index contributed by atoms with van der Waals surface area (Å²) in [5, 5.41) is 13.8. The summed E-state index contributed by atoms with van der Waals surface area (Å²) in [5.41, 5.74) is 3.76. The van der Waals surface area contributed by atoms with Crippen LogP contribution in [0.2, 0.25) is 0 Å². The van der Waals surface area contributed by atoms with Crippen molar-refractivity contribution >= 4 is 0 Å². The van der Waals surface area contributed by atoms with Crippen LogP contribution in [-0.4, -0.2) is 39.0 Å². The smallest absolute Gasteiger partial charge is 0.0644 e. The van der Waals surface area contributed by atoms with E-state index in [-0.39, 0.29) is 6.61 Å². The Hall–Kier alpha value is -0.870. The van der Waals surface area contributed by atoms with Gasteiger partial charge in [0, 0.05) is 30.4 Å². The Morgan fingerprint density at radius 3 is 2.50 bits per heavy atom. The van der Waals surface area contributed by atoms with E-state index in [2.05, 4.69) is 23.8 Å². The van der Waals surface area contributed by atoms with Gasteiger partial charge in [-0.3, -0.25) is 9.58 Å². The Morgan fingerprint density at radius 2 is 1.86 bits per heavy atom. The lowest BCUT2D eigenvalue weighted by Crippen LogP contribution is -2.32. The van der Waals surface area contributed by atoms with Gasteiger partial charge in [0.15, 0.2) is 0 Å². The van der Waals surface area contributed by atoms with E-state index < -0.39 is 0 Å². The van der Waals surface area contributed by atoms with Crippen LogP contribution < -0.4 is 0 Å². The van der Waals surface area contributed by atoms with Gasteiger partial charge >= 0.3 is 0 Å². The minimum atomic E-state index is 0.163. The van der Waals surface area contributed by atoms with Crippen molar-refractivity contribution in [3.63, 3.8) is 0 Å². The van der Waals surface area contributed by atoms with Crippen LogP contribution in [0.4, 0.5) is 0 Å².